The predicted octanol–water partition coefficient (Wildman–Crippen LogP) is 2.57. The minimum atomic E-state index is 0.121. The quantitative estimate of drug-likeness (QED) is 0.790. The Morgan fingerprint density at radius 1 is 1.38 bits per heavy atom. The summed E-state index contributed by atoms with van der Waals surface area (Å²) in [5.41, 5.74) is 2.23. The zero-order valence-corrected chi connectivity index (χ0v) is 15.6. The van der Waals surface area contributed by atoms with E-state index in [1.54, 1.807) is 6.20 Å². The smallest absolute Gasteiger partial charge is 0.244 e. The molecule has 0 spiro atoms. The molecule has 0 bridgehead atoms. The average molecular weight is 355 g/mol. The summed E-state index contributed by atoms with van der Waals surface area (Å²) in [5, 5.41) is 7.87. The topological polar surface area (TPSA) is 63.1 Å². The zero-order valence-electron chi connectivity index (χ0n) is 15.6. The molecule has 140 valence electrons. The highest BCUT2D eigenvalue weighted by molar-refractivity contribution is 5.76. The number of unbranched alkanes of at least 4 members (excludes halogenated alkanes) is 1. The largest absolute Gasteiger partial charge is 0.337 e. The molecule has 26 heavy (non-hydrogen) atoms. The van der Waals surface area contributed by atoms with E-state index >= 15 is 0 Å². The Hall–Kier alpha value is -2.21. The highest BCUT2D eigenvalue weighted by atomic mass is 16.2. The van der Waals surface area contributed by atoms with Gasteiger partial charge in [-0.1, -0.05) is 19.4 Å². The minimum Gasteiger partial charge on any atom is -0.337 e. The van der Waals surface area contributed by atoms with Gasteiger partial charge in [-0.05, 0) is 43.5 Å². The summed E-state index contributed by atoms with van der Waals surface area (Å²) in [6.45, 7) is 5.88. The normalized spacial score (nSPS) is 17.2. The van der Waals surface area contributed by atoms with Crippen molar-refractivity contribution in [2.45, 2.75) is 51.6 Å². The highest BCUT2D eigenvalue weighted by Gasteiger charge is 2.21. The molecule has 2 aromatic rings. The van der Waals surface area contributed by atoms with Gasteiger partial charge in [0.15, 0.2) is 0 Å². The lowest BCUT2D eigenvalue weighted by Gasteiger charge is -2.26. The number of nitrogens with one attached hydrogen (secondary N) is 1. The Bertz CT molecular complexity index is 679. The van der Waals surface area contributed by atoms with E-state index < -0.39 is 0 Å². The number of amides is 1. The number of piperidine rings is 1. The van der Waals surface area contributed by atoms with E-state index in [4.69, 9.17) is 0 Å². The summed E-state index contributed by atoms with van der Waals surface area (Å²) in [6.07, 6.45) is 9.81. The minimum absolute atomic E-state index is 0.121. The van der Waals surface area contributed by atoms with E-state index in [0.29, 0.717) is 19.0 Å². The highest BCUT2D eigenvalue weighted by Crippen LogP contribution is 2.23. The van der Waals surface area contributed by atoms with Crippen molar-refractivity contribution >= 4 is 5.91 Å². The van der Waals surface area contributed by atoms with E-state index in [1.165, 1.54) is 12.1 Å². The summed E-state index contributed by atoms with van der Waals surface area (Å²) in [5.74, 6) is 0.567. The Labute approximate surface area is 155 Å². The van der Waals surface area contributed by atoms with Crippen LogP contribution in [-0.2, 0) is 17.9 Å². The summed E-state index contributed by atoms with van der Waals surface area (Å²) >= 11 is 0. The molecule has 1 aliphatic rings. The van der Waals surface area contributed by atoms with Crippen molar-refractivity contribution in [2.24, 2.45) is 0 Å². The van der Waals surface area contributed by atoms with E-state index in [-0.39, 0.29) is 5.91 Å². The fraction of sp³-hybridized carbons (Fsp3) is 0.550. The lowest BCUT2D eigenvalue weighted by Crippen LogP contribution is -2.36. The van der Waals surface area contributed by atoms with Crippen LogP contribution in [0, 0.1) is 0 Å². The molecule has 1 fully saturated rings. The molecule has 1 amide bonds. The van der Waals surface area contributed by atoms with Crippen molar-refractivity contribution in [1.82, 2.24) is 25.0 Å². The Morgan fingerprint density at radius 3 is 3.04 bits per heavy atom. The molecular formula is C20H29N5O. The van der Waals surface area contributed by atoms with Crippen LogP contribution in [0.4, 0.5) is 0 Å². The van der Waals surface area contributed by atoms with Crippen LogP contribution in [0.3, 0.4) is 0 Å². The van der Waals surface area contributed by atoms with Gasteiger partial charge in [0.05, 0.1) is 0 Å². The van der Waals surface area contributed by atoms with E-state index in [2.05, 4.69) is 28.4 Å². The molecule has 3 rings (SSSR count). The van der Waals surface area contributed by atoms with Gasteiger partial charge >= 0.3 is 0 Å². The first-order chi connectivity index (χ1) is 12.8. The maximum atomic E-state index is 13.0. The molecular weight excluding hydrogens is 326 g/mol. The Kier molecular flexibility index (Phi) is 6.77. The van der Waals surface area contributed by atoms with Crippen LogP contribution in [0.2, 0.25) is 0 Å². The maximum absolute atomic E-state index is 13.0. The second-order valence-corrected chi connectivity index (χ2v) is 6.99. The molecule has 6 heteroatoms. The molecule has 0 unspecified atom stereocenters. The first kappa shape index (κ1) is 18.6. The van der Waals surface area contributed by atoms with Crippen LogP contribution < -0.4 is 5.32 Å². The molecule has 1 saturated heterocycles. The monoisotopic (exact) mass is 355 g/mol. The first-order valence-electron chi connectivity index (χ1n) is 9.67. The van der Waals surface area contributed by atoms with Crippen LogP contribution in [0.15, 0.2) is 36.8 Å². The number of hydrogen-bond acceptors (Lipinski definition) is 4. The molecule has 3 heterocycles. The first-order valence-corrected chi connectivity index (χ1v) is 9.67. The van der Waals surface area contributed by atoms with Crippen LogP contribution in [-0.4, -0.2) is 45.2 Å². The second-order valence-electron chi connectivity index (χ2n) is 6.99. The van der Waals surface area contributed by atoms with Gasteiger partial charge in [-0.3, -0.25) is 14.5 Å². The fourth-order valence-corrected chi connectivity index (χ4v) is 3.51. The number of carbonyl (C=O) groups excluding carboxylic acids is 1. The van der Waals surface area contributed by atoms with Gasteiger partial charge in [0.2, 0.25) is 5.91 Å². The number of rotatable bonds is 8. The molecule has 0 radical (unpaired) electrons. The maximum Gasteiger partial charge on any atom is 0.244 e. The third-order valence-corrected chi connectivity index (χ3v) is 4.98. The van der Waals surface area contributed by atoms with Crippen LogP contribution in [0.1, 0.15) is 49.8 Å². The predicted molar refractivity (Wildman–Crippen MR) is 102 cm³/mol. The molecule has 6 nitrogen and oxygen atoms in total. The van der Waals surface area contributed by atoms with Crippen molar-refractivity contribution in [3.63, 3.8) is 0 Å². The van der Waals surface area contributed by atoms with Crippen molar-refractivity contribution in [3.8, 4) is 0 Å². The van der Waals surface area contributed by atoms with Gasteiger partial charge < -0.3 is 10.2 Å². The molecule has 0 aromatic carbocycles. The van der Waals surface area contributed by atoms with Crippen LogP contribution >= 0.6 is 0 Å². The van der Waals surface area contributed by atoms with E-state index in [0.717, 1.165) is 44.5 Å². The summed E-state index contributed by atoms with van der Waals surface area (Å²) in [4.78, 5) is 19.1. The summed E-state index contributed by atoms with van der Waals surface area (Å²) in [6, 6.07) is 5.99. The third kappa shape index (κ3) is 4.91. The van der Waals surface area contributed by atoms with Gasteiger partial charge in [-0.15, -0.1) is 0 Å². The molecule has 0 aliphatic carbocycles. The van der Waals surface area contributed by atoms with Gasteiger partial charge in [0.25, 0.3) is 0 Å². The molecule has 1 aliphatic heterocycles. The van der Waals surface area contributed by atoms with Gasteiger partial charge in [-0.2, -0.15) is 5.10 Å². The molecule has 1 atom stereocenters. The third-order valence-electron chi connectivity index (χ3n) is 4.98. The summed E-state index contributed by atoms with van der Waals surface area (Å²) < 4.78 is 1.89. The van der Waals surface area contributed by atoms with Crippen LogP contribution in [0.25, 0.3) is 0 Å². The van der Waals surface area contributed by atoms with Crippen molar-refractivity contribution in [2.75, 3.05) is 19.6 Å². The van der Waals surface area contributed by atoms with Crippen molar-refractivity contribution in [1.29, 1.82) is 0 Å². The second kappa shape index (κ2) is 9.48. The number of nitrogens with zero attached hydrogens (tertiary/aromatic N) is 4. The Balaban J connectivity index is 1.68. The van der Waals surface area contributed by atoms with Gasteiger partial charge in [-0.25, -0.2) is 0 Å². The van der Waals surface area contributed by atoms with Gasteiger partial charge in [0.1, 0.15) is 6.54 Å². The lowest BCUT2D eigenvalue weighted by atomic mass is 9.96. The number of pyridine rings is 1. The zero-order chi connectivity index (χ0) is 18.2. The van der Waals surface area contributed by atoms with E-state index in [1.807, 2.05) is 34.1 Å². The molecule has 0 saturated carbocycles. The number of carbonyl (C=O) groups is 1. The lowest BCUT2D eigenvalue weighted by molar-refractivity contribution is -0.132. The van der Waals surface area contributed by atoms with Gasteiger partial charge in [0, 0.05) is 49.8 Å². The van der Waals surface area contributed by atoms with Crippen LogP contribution in [0.5, 0.6) is 0 Å². The SMILES string of the molecule is CCCCN(Cc1cccnc1)C(=O)Cn1nccc1[C@H]1CCCNC1. The molecule has 1 N–H and O–H groups in total. The number of hydrogen-bond donors (Lipinski definition) is 1. The van der Waals surface area contributed by atoms with Crippen molar-refractivity contribution < 1.29 is 4.79 Å². The van der Waals surface area contributed by atoms with E-state index in [9.17, 15) is 4.79 Å². The summed E-state index contributed by atoms with van der Waals surface area (Å²) in [7, 11) is 0. The standard InChI is InChI=1S/C20H29N5O/c1-2-3-12-24(15-17-6-4-9-21-13-17)20(26)16-25-19(8-11-23-25)18-7-5-10-22-14-18/h4,6,8-9,11,13,18,22H,2-3,5,7,10,12,14-16H2,1H3/t18-/m0/s1. The molecule has 2 aromatic heterocycles. The fourth-order valence-electron chi connectivity index (χ4n) is 3.51. The number of aromatic nitrogens is 3. The average Bonchev–Trinajstić information content (AvgIpc) is 3.14. The Morgan fingerprint density at radius 2 is 2.31 bits per heavy atom. The van der Waals surface area contributed by atoms with Crippen molar-refractivity contribution in [3.05, 3.63) is 48.0 Å².